The molecule has 0 aliphatic carbocycles. The van der Waals surface area contributed by atoms with Crippen LogP contribution in [-0.2, 0) is 6.42 Å². The Bertz CT molecular complexity index is 459. The molecule has 0 amide bonds. The molecule has 0 unspecified atom stereocenters. The molecule has 0 saturated heterocycles. The van der Waals surface area contributed by atoms with Gasteiger partial charge in [-0.2, -0.15) is 0 Å². The number of ether oxygens (including phenoxy) is 1. The van der Waals surface area contributed by atoms with Crippen molar-refractivity contribution in [2.45, 2.75) is 6.42 Å². The summed E-state index contributed by atoms with van der Waals surface area (Å²) in [6, 6.07) is 16.0. The first kappa shape index (κ1) is 12.0. The van der Waals surface area contributed by atoms with E-state index in [4.69, 9.17) is 16.3 Å². The van der Waals surface area contributed by atoms with Crippen molar-refractivity contribution in [2.75, 3.05) is 7.11 Å². The maximum absolute atomic E-state index is 5.83. The minimum absolute atomic E-state index is 0.770. The van der Waals surface area contributed by atoms with E-state index in [-0.39, 0.29) is 0 Å². The zero-order valence-electron chi connectivity index (χ0n) is 9.69. The number of hydrogen-bond acceptors (Lipinski definition) is 1. The molecular weight excluding hydrogens is 232 g/mol. The molecule has 0 heterocycles. The maximum Gasteiger partial charge on any atom is 0.118 e. The van der Waals surface area contributed by atoms with E-state index < -0.39 is 0 Å². The highest BCUT2D eigenvalue weighted by atomic mass is 35.5. The predicted molar refractivity (Wildman–Crippen MR) is 71.6 cm³/mol. The third-order valence-electron chi connectivity index (χ3n) is 2.60. The van der Waals surface area contributed by atoms with Gasteiger partial charge in [-0.25, -0.2) is 0 Å². The van der Waals surface area contributed by atoms with Crippen LogP contribution < -0.4 is 4.74 Å². The Morgan fingerprint density at radius 3 is 2.24 bits per heavy atom. The van der Waals surface area contributed by atoms with Crippen molar-refractivity contribution in [3.05, 3.63) is 71.1 Å². The van der Waals surface area contributed by atoms with Crippen LogP contribution in [0.15, 0.2) is 48.5 Å². The lowest BCUT2D eigenvalue weighted by Gasteiger charge is -2.03. The van der Waals surface area contributed by atoms with Crippen LogP contribution in [0.5, 0.6) is 5.75 Å². The lowest BCUT2D eigenvalue weighted by atomic mass is 10.0. The molecular formula is C15H14ClO. The molecule has 0 bridgehead atoms. The highest BCUT2D eigenvalue weighted by molar-refractivity contribution is 6.30. The molecule has 0 N–H and O–H groups in total. The second-order valence-corrected chi connectivity index (χ2v) is 4.24. The van der Waals surface area contributed by atoms with Gasteiger partial charge in [0.1, 0.15) is 5.75 Å². The monoisotopic (exact) mass is 245 g/mol. The molecule has 2 aromatic rings. The Hall–Kier alpha value is -1.47. The Morgan fingerprint density at radius 1 is 1.00 bits per heavy atom. The average molecular weight is 246 g/mol. The van der Waals surface area contributed by atoms with Gasteiger partial charge in [-0.15, -0.1) is 0 Å². The number of halogens is 1. The SMILES string of the molecule is COc1ccc(C[CH]c2ccc(Cl)cc2)cc1. The molecule has 0 atom stereocenters. The first-order chi connectivity index (χ1) is 8.28. The largest absolute Gasteiger partial charge is 0.497 e. The number of benzene rings is 2. The van der Waals surface area contributed by atoms with Gasteiger partial charge < -0.3 is 4.74 Å². The van der Waals surface area contributed by atoms with Crippen LogP contribution in [-0.4, -0.2) is 7.11 Å². The van der Waals surface area contributed by atoms with Crippen molar-refractivity contribution >= 4 is 11.6 Å². The zero-order valence-corrected chi connectivity index (χ0v) is 10.4. The maximum atomic E-state index is 5.83. The fourth-order valence-electron chi connectivity index (χ4n) is 1.60. The molecule has 2 aromatic carbocycles. The molecule has 17 heavy (non-hydrogen) atoms. The van der Waals surface area contributed by atoms with Crippen LogP contribution in [0, 0.1) is 6.42 Å². The van der Waals surface area contributed by atoms with Gasteiger partial charge in [-0.05, 0) is 48.2 Å². The first-order valence-electron chi connectivity index (χ1n) is 5.49. The average Bonchev–Trinajstić information content (AvgIpc) is 2.39. The fourth-order valence-corrected chi connectivity index (χ4v) is 1.72. The first-order valence-corrected chi connectivity index (χ1v) is 5.87. The zero-order chi connectivity index (χ0) is 12.1. The van der Waals surface area contributed by atoms with Crippen LogP contribution in [0.3, 0.4) is 0 Å². The molecule has 0 aliphatic rings. The highest BCUT2D eigenvalue weighted by Gasteiger charge is 1.97. The molecule has 0 spiro atoms. The van der Waals surface area contributed by atoms with Gasteiger partial charge in [0.2, 0.25) is 0 Å². The number of hydrogen-bond donors (Lipinski definition) is 0. The third-order valence-corrected chi connectivity index (χ3v) is 2.85. The molecule has 0 fully saturated rings. The minimum Gasteiger partial charge on any atom is -0.497 e. The summed E-state index contributed by atoms with van der Waals surface area (Å²) in [5.41, 5.74) is 2.45. The molecule has 2 heteroatoms. The van der Waals surface area contributed by atoms with E-state index in [1.54, 1.807) is 7.11 Å². The number of rotatable bonds is 4. The van der Waals surface area contributed by atoms with Gasteiger partial charge in [0.15, 0.2) is 0 Å². The van der Waals surface area contributed by atoms with Gasteiger partial charge in [0.25, 0.3) is 0 Å². The Kier molecular flexibility index (Phi) is 4.05. The van der Waals surface area contributed by atoms with Crippen molar-refractivity contribution in [1.29, 1.82) is 0 Å². The fraction of sp³-hybridized carbons (Fsp3) is 0.133. The van der Waals surface area contributed by atoms with Crippen LogP contribution in [0.1, 0.15) is 11.1 Å². The normalized spacial score (nSPS) is 10.2. The summed E-state index contributed by atoms with van der Waals surface area (Å²) < 4.78 is 5.12. The second-order valence-electron chi connectivity index (χ2n) is 3.81. The smallest absolute Gasteiger partial charge is 0.118 e. The summed E-state index contributed by atoms with van der Waals surface area (Å²) >= 11 is 5.83. The van der Waals surface area contributed by atoms with E-state index in [9.17, 15) is 0 Å². The standard InChI is InChI=1S/C15H14ClO/c1-17-15-10-6-13(7-11-15)3-2-12-4-8-14(16)9-5-12/h2,4-11H,3H2,1H3. The molecule has 1 radical (unpaired) electrons. The lowest BCUT2D eigenvalue weighted by Crippen LogP contribution is -1.89. The highest BCUT2D eigenvalue weighted by Crippen LogP contribution is 2.16. The molecule has 1 nitrogen and oxygen atoms in total. The van der Waals surface area contributed by atoms with Crippen molar-refractivity contribution < 1.29 is 4.74 Å². The molecule has 0 aromatic heterocycles. The van der Waals surface area contributed by atoms with Crippen LogP contribution in [0.4, 0.5) is 0 Å². The number of methoxy groups -OCH3 is 1. The van der Waals surface area contributed by atoms with Crippen LogP contribution >= 0.6 is 11.6 Å². The van der Waals surface area contributed by atoms with Crippen molar-refractivity contribution in [3.8, 4) is 5.75 Å². The summed E-state index contributed by atoms with van der Waals surface area (Å²) in [7, 11) is 1.68. The molecule has 2 rings (SSSR count). The van der Waals surface area contributed by atoms with Gasteiger partial charge in [-0.1, -0.05) is 35.9 Å². The van der Waals surface area contributed by atoms with Gasteiger partial charge in [-0.3, -0.25) is 0 Å². The van der Waals surface area contributed by atoms with E-state index in [1.807, 2.05) is 36.4 Å². The van der Waals surface area contributed by atoms with E-state index in [0.29, 0.717) is 0 Å². The summed E-state index contributed by atoms with van der Waals surface area (Å²) in [6.07, 6.45) is 3.09. The third kappa shape index (κ3) is 3.50. The summed E-state index contributed by atoms with van der Waals surface area (Å²) in [4.78, 5) is 0. The predicted octanol–water partition coefficient (Wildman–Crippen LogP) is 4.14. The van der Waals surface area contributed by atoms with Gasteiger partial charge in [0, 0.05) is 5.02 Å². The molecule has 0 aliphatic heterocycles. The van der Waals surface area contributed by atoms with E-state index >= 15 is 0 Å². The molecule has 0 saturated carbocycles. The van der Waals surface area contributed by atoms with E-state index in [0.717, 1.165) is 17.2 Å². The Balaban J connectivity index is 1.95. The summed E-state index contributed by atoms with van der Waals surface area (Å²) in [5.74, 6) is 0.889. The van der Waals surface area contributed by atoms with E-state index in [2.05, 4.69) is 18.6 Å². The van der Waals surface area contributed by atoms with Gasteiger partial charge in [0.05, 0.1) is 7.11 Å². The van der Waals surface area contributed by atoms with Crippen LogP contribution in [0.25, 0.3) is 0 Å². The van der Waals surface area contributed by atoms with Crippen LogP contribution in [0.2, 0.25) is 5.02 Å². The Morgan fingerprint density at radius 2 is 1.65 bits per heavy atom. The lowest BCUT2D eigenvalue weighted by molar-refractivity contribution is 0.414. The Labute approximate surface area is 107 Å². The second kappa shape index (κ2) is 5.74. The van der Waals surface area contributed by atoms with Crippen molar-refractivity contribution in [2.24, 2.45) is 0 Å². The topological polar surface area (TPSA) is 9.23 Å². The van der Waals surface area contributed by atoms with E-state index in [1.165, 1.54) is 11.1 Å². The van der Waals surface area contributed by atoms with Crippen molar-refractivity contribution in [1.82, 2.24) is 0 Å². The van der Waals surface area contributed by atoms with Crippen molar-refractivity contribution in [3.63, 3.8) is 0 Å². The quantitative estimate of drug-likeness (QED) is 0.787. The molecule has 87 valence electrons. The summed E-state index contributed by atoms with van der Waals surface area (Å²) in [5, 5.41) is 0.770. The van der Waals surface area contributed by atoms with Gasteiger partial charge >= 0.3 is 0 Å². The summed E-state index contributed by atoms with van der Waals surface area (Å²) in [6.45, 7) is 0. The minimum atomic E-state index is 0.770.